The monoisotopic (exact) mass is 291 g/mol. The first-order valence-electron chi connectivity index (χ1n) is 7.42. The van der Waals surface area contributed by atoms with Gasteiger partial charge in [-0.2, -0.15) is 0 Å². The van der Waals surface area contributed by atoms with Crippen LogP contribution in [-0.2, 0) is 16.0 Å². The van der Waals surface area contributed by atoms with Crippen molar-refractivity contribution in [3.63, 3.8) is 0 Å². The van der Waals surface area contributed by atoms with Gasteiger partial charge in [0.15, 0.2) is 0 Å². The summed E-state index contributed by atoms with van der Waals surface area (Å²) in [4.78, 5) is 24.2. The molecule has 0 saturated heterocycles. The van der Waals surface area contributed by atoms with Crippen LogP contribution in [0.1, 0.15) is 37.3 Å². The van der Waals surface area contributed by atoms with Crippen molar-refractivity contribution >= 4 is 11.9 Å². The minimum atomic E-state index is -0.867. The van der Waals surface area contributed by atoms with Crippen LogP contribution in [0.5, 0.6) is 0 Å². The van der Waals surface area contributed by atoms with Crippen molar-refractivity contribution in [2.24, 2.45) is 5.92 Å². The van der Waals surface area contributed by atoms with Crippen LogP contribution in [0.3, 0.4) is 0 Å². The van der Waals surface area contributed by atoms with Crippen molar-refractivity contribution < 1.29 is 14.7 Å². The number of amides is 1. The van der Waals surface area contributed by atoms with Gasteiger partial charge in [-0.15, -0.1) is 0 Å². The maximum atomic E-state index is 11.9. The summed E-state index contributed by atoms with van der Waals surface area (Å²) < 4.78 is 0. The molecule has 1 aromatic rings. The Kier molecular flexibility index (Phi) is 6.92. The second-order valence-electron chi connectivity index (χ2n) is 5.71. The van der Waals surface area contributed by atoms with E-state index in [1.165, 1.54) is 16.0 Å². The van der Waals surface area contributed by atoms with E-state index in [0.29, 0.717) is 6.42 Å². The Bertz CT molecular complexity index is 467. The van der Waals surface area contributed by atoms with Gasteiger partial charge in [-0.3, -0.25) is 9.59 Å². The third-order valence-electron chi connectivity index (χ3n) is 3.62. The van der Waals surface area contributed by atoms with Crippen LogP contribution in [0, 0.1) is 12.8 Å². The quantitative estimate of drug-likeness (QED) is 0.749. The number of carboxylic acids is 1. The first kappa shape index (κ1) is 17.2. The van der Waals surface area contributed by atoms with E-state index in [2.05, 4.69) is 31.2 Å². The molecule has 1 aromatic carbocycles. The molecule has 4 nitrogen and oxygen atoms in total. The van der Waals surface area contributed by atoms with Gasteiger partial charge in [0, 0.05) is 20.0 Å². The molecule has 0 aliphatic heterocycles. The second kappa shape index (κ2) is 8.45. The lowest BCUT2D eigenvalue weighted by Crippen LogP contribution is -2.33. The van der Waals surface area contributed by atoms with Crippen molar-refractivity contribution in [1.82, 2.24) is 4.90 Å². The van der Waals surface area contributed by atoms with Crippen molar-refractivity contribution in [3.05, 3.63) is 35.4 Å². The number of hydrogen-bond acceptors (Lipinski definition) is 2. The summed E-state index contributed by atoms with van der Waals surface area (Å²) in [5.74, 6) is -1.37. The molecular formula is C17H25NO3. The Morgan fingerprint density at radius 2 is 1.81 bits per heavy atom. The number of carbonyl (C=O) groups is 2. The largest absolute Gasteiger partial charge is 0.481 e. The van der Waals surface area contributed by atoms with Gasteiger partial charge in [-0.25, -0.2) is 0 Å². The van der Waals surface area contributed by atoms with Crippen LogP contribution in [-0.4, -0.2) is 35.5 Å². The van der Waals surface area contributed by atoms with E-state index in [1.54, 1.807) is 14.0 Å². The minimum absolute atomic E-state index is 0.0204. The van der Waals surface area contributed by atoms with Crippen LogP contribution in [0.4, 0.5) is 0 Å². The molecule has 0 aromatic heterocycles. The summed E-state index contributed by atoms with van der Waals surface area (Å²) in [6.45, 7) is 3.95. The van der Waals surface area contributed by atoms with Gasteiger partial charge in [-0.05, 0) is 31.7 Å². The molecule has 1 N–H and O–H groups in total. The standard InChI is InChI=1S/C17H25NO3/c1-13-8-10-15(11-9-13)6-4-5-7-16(19)18(3)12-14(2)17(20)21/h8-11,14H,4-7,12H2,1-3H3,(H,20,21). The molecule has 21 heavy (non-hydrogen) atoms. The van der Waals surface area contributed by atoms with Crippen molar-refractivity contribution in [2.45, 2.75) is 39.5 Å². The number of nitrogens with zero attached hydrogens (tertiary/aromatic N) is 1. The molecule has 0 bridgehead atoms. The molecule has 0 aliphatic rings. The van der Waals surface area contributed by atoms with E-state index in [4.69, 9.17) is 5.11 Å². The molecule has 0 spiro atoms. The highest BCUT2D eigenvalue weighted by Gasteiger charge is 2.16. The zero-order chi connectivity index (χ0) is 15.8. The summed E-state index contributed by atoms with van der Waals surface area (Å²) in [7, 11) is 1.67. The van der Waals surface area contributed by atoms with Crippen LogP contribution in [0.15, 0.2) is 24.3 Å². The lowest BCUT2D eigenvalue weighted by Gasteiger charge is -2.19. The molecular weight excluding hydrogens is 266 g/mol. The summed E-state index contributed by atoms with van der Waals surface area (Å²) in [5.41, 5.74) is 2.55. The van der Waals surface area contributed by atoms with E-state index >= 15 is 0 Å². The van der Waals surface area contributed by atoms with Gasteiger partial charge in [0.1, 0.15) is 0 Å². The van der Waals surface area contributed by atoms with E-state index in [9.17, 15) is 9.59 Å². The average Bonchev–Trinajstić information content (AvgIpc) is 2.44. The fourth-order valence-electron chi connectivity index (χ4n) is 2.14. The molecule has 0 aliphatic carbocycles. The number of aliphatic carboxylic acids is 1. The van der Waals surface area contributed by atoms with Gasteiger partial charge in [-0.1, -0.05) is 36.8 Å². The number of rotatable bonds is 8. The molecule has 1 rings (SSSR count). The first-order chi connectivity index (χ1) is 9.90. The maximum absolute atomic E-state index is 11.9. The van der Waals surface area contributed by atoms with Crippen molar-refractivity contribution in [3.8, 4) is 0 Å². The highest BCUT2D eigenvalue weighted by Crippen LogP contribution is 2.09. The minimum Gasteiger partial charge on any atom is -0.481 e. The molecule has 1 amide bonds. The van der Waals surface area contributed by atoms with Crippen molar-refractivity contribution in [1.29, 1.82) is 0 Å². The number of aryl methyl sites for hydroxylation is 2. The average molecular weight is 291 g/mol. The summed E-state index contributed by atoms with van der Waals surface area (Å²) in [6, 6.07) is 8.44. The number of carbonyl (C=O) groups excluding carboxylic acids is 1. The van der Waals surface area contributed by atoms with Gasteiger partial charge < -0.3 is 10.0 Å². The van der Waals surface area contributed by atoms with E-state index in [1.807, 2.05) is 0 Å². The lowest BCUT2D eigenvalue weighted by atomic mass is 10.1. The van der Waals surface area contributed by atoms with E-state index < -0.39 is 11.9 Å². The SMILES string of the molecule is Cc1ccc(CCCCC(=O)N(C)CC(C)C(=O)O)cc1. The van der Waals surface area contributed by atoms with Gasteiger partial charge in [0.2, 0.25) is 5.91 Å². The Morgan fingerprint density at radius 3 is 2.38 bits per heavy atom. The van der Waals surface area contributed by atoms with Crippen LogP contribution in [0.25, 0.3) is 0 Å². The topological polar surface area (TPSA) is 57.6 Å². The van der Waals surface area contributed by atoms with E-state index in [0.717, 1.165) is 19.3 Å². The fraction of sp³-hybridized carbons (Fsp3) is 0.529. The maximum Gasteiger partial charge on any atom is 0.308 e. The Hall–Kier alpha value is -1.84. The van der Waals surface area contributed by atoms with Crippen LogP contribution >= 0.6 is 0 Å². The molecule has 0 heterocycles. The van der Waals surface area contributed by atoms with Gasteiger partial charge >= 0.3 is 5.97 Å². The van der Waals surface area contributed by atoms with Crippen LogP contribution < -0.4 is 0 Å². The van der Waals surface area contributed by atoms with Gasteiger partial charge in [0.05, 0.1) is 5.92 Å². The molecule has 0 fully saturated rings. The molecule has 1 unspecified atom stereocenters. The van der Waals surface area contributed by atoms with Gasteiger partial charge in [0.25, 0.3) is 0 Å². The Morgan fingerprint density at radius 1 is 1.19 bits per heavy atom. The number of hydrogen-bond donors (Lipinski definition) is 1. The third kappa shape index (κ3) is 6.43. The van der Waals surface area contributed by atoms with Crippen LogP contribution in [0.2, 0.25) is 0 Å². The predicted octanol–water partition coefficient (Wildman–Crippen LogP) is 2.89. The molecule has 0 saturated carbocycles. The third-order valence-corrected chi connectivity index (χ3v) is 3.62. The lowest BCUT2D eigenvalue weighted by molar-refractivity contribution is -0.142. The molecule has 0 radical (unpaired) electrons. The molecule has 116 valence electrons. The summed E-state index contributed by atoms with van der Waals surface area (Å²) in [5, 5.41) is 8.83. The smallest absolute Gasteiger partial charge is 0.308 e. The zero-order valence-electron chi connectivity index (χ0n) is 13.1. The normalized spacial score (nSPS) is 12.0. The highest BCUT2D eigenvalue weighted by atomic mass is 16.4. The summed E-state index contributed by atoms with van der Waals surface area (Å²) >= 11 is 0. The second-order valence-corrected chi connectivity index (χ2v) is 5.71. The number of benzene rings is 1. The molecule has 4 heteroatoms. The Balaban J connectivity index is 2.24. The molecule has 1 atom stereocenters. The summed E-state index contributed by atoms with van der Waals surface area (Å²) in [6.07, 6.45) is 3.26. The predicted molar refractivity (Wildman–Crippen MR) is 83.2 cm³/mol. The highest BCUT2D eigenvalue weighted by molar-refractivity contribution is 5.77. The Labute approximate surface area is 126 Å². The van der Waals surface area contributed by atoms with E-state index in [-0.39, 0.29) is 12.5 Å². The fourth-order valence-corrected chi connectivity index (χ4v) is 2.14. The van der Waals surface area contributed by atoms with Crippen molar-refractivity contribution in [2.75, 3.05) is 13.6 Å². The number of unbranched alkanes of at least 4 members (excludes halogenated alkanes) is 1. The first-order valence-corrected chi connectivity index (χ1v) is 7.42. The number of carboxylic acid groups (broad SMARTS) is 1. The zero-order valence-corrected chi connectivity index (χ0v) is 13.1.